The van der Waals surface area contributed by atoms with Crippen LogP contribution in [-0.2, 0) is 26.3 Å². The summed E-state index contributed by atoms with van der Waals surface area (Å²) >= 11 is 0. The molecule has 0 spiro atoms. The van der Waals surface area contributed by atoms with Crippen molar-refractivity contribution in [2.45, 2.75) is 44.3 Å². The van der Waals surface area contributed by atoms with Gasteiger partial charge in [0.15, 0.2) is 0 Å². The quantitative estimate of drug-likeness (QED) is 0.865. The molecule has 1 saturated carbocycles. The summed E-state index contributed by atoms with van der Waals surface area (Å²) < 4.78 is 41.9. The molecule has 9 heteroatoms. The molecule has 2 aromatic rings. The lowest BCUT2D eigenvalue weighted by molar-refractivity contribution is -0.138. The van der Waals surface area contributed by atoms with Gasteiger partial charge in [-0.3, -0.25) is 9.36 Å². The number of alkyl halides is 3. The van der Waals surface area contributed by atoms with Crippen molar-refractivity contribution in [2.24, 2.45) is 13.0 Å². The van der Waals surface area contributed by atoms with Gasteiger partial charge in [-0.15, -0.1) is 0 Å². The maximum Gasteiger partial charge on any atom is 0.419 e. The van der Waals surface area contributed by atoms with Crippen molar-refractivity contribution >= 4 is 0 Å². The summed E-state index contributed by atoms with van der Waals surface area (Å²) in [6.45, 7) is 0.712. The van der Waals surface area contributed by atoms with Crippen LogP contribution >= 0.6 is 0 Å². The summed E-state index contributed by atoms with van der Waals surface area (Å²) in [5, 5.41) is 21.1. The van der Waals surface area contributed by atoms with E-state index in [9.17, 15) is 18.3 Å². The van der Waals surface area contributed by atoms with E-state index < -0.39 is 17.8 Å². The Morgan fingerprint density at radius 3 is 2.79 bits per heavy atom. The number of halogens is 3. The van der Waals surface area contributed by atoms with Crippen LogP contribution in [0.2, 0.25) is 0 Å². The SMILES string of the molecule is Cn1ncc(C(F)(F)F)c1CN[C@@H]1CC(Cn2cccn2)C[C@H]1O. The highest BCUT2D eigenvalue weighted by Gasteiger charge is 2.37. The van der Waals surface area contributed by atoms with E-state index in [1.807, 2.05) is 16.9 Å². The first-order valence-corrected chi connectivity index (χ1v) is 7.81. The standard InChI is InChI=1S/C15H20F3N5O/c1-22-13(11(7-21-22)15(16,17)18)8-19-12-5-10(6-14(12)24)9-23-4-2-3-20-23/h2-4,7,10,12,14,19,24H,5-6,8-9H2,1H3/t10?,12-,14-/m1/s1. The molecule has 2 aromatic heterocycles. The van der Waals surface area contributed by atoms with Crippen molar-refractivity contribution in [1.82, 2.24) is 24.9 Å². The minimum Gasteiger partial charge on any atom is -0.391 e. The topological polar surface area (TPSA) is 67.9 Å². The predicted octanol–water partition coefficient (Wildman–Crippen LogP) is 1.56. The van der Waals surface area contributed by atoms with Gasteiger partial charge in [-0.05, 0) is 24.8 Å². The van der Waals surface area contributed by atoms with Gasteiger partial charge in [0.25, 0.3) is 0 Å². The van der Waals surface area contributed by atoms with Gasteiger partial charge in [-0.1, -0.05) is 0 Å². The molecule has 3 rings (SSSR count). The first-order valence-electron chi connectivity index (χ1n) is 7.81. The van der Waals surface area contributed by atoms with Gasteiger partial charge >= 0.3 is 6.18 Å². The van der Waals surface area contributed by atoms with Gasteiger partial charge in [0.2, 0.25) is 0 Å². The maximum atomic E-state index is 13.0. The van der Waals surface area contributed by atoms with Crippen molar-refractivity contribution in [3.8, 4) is 0 Å². The van der Waals surface area contributed by atoms with Gasteiger partial charge < -0.3 is 10.4 Å². The number of nitrogens with one attached hydrogen (secondary N) is 1. The van der Waals surface area contributed by atoms with Crippen LogP contribution < -0.4 is 5.32 Å². The fraction of sp³-hybridized carbons (Fsp3) is 0.600. The summed E-state index contributed by atoms with van der Waals surface area (Å²) in [5.74, 6) is 0.242. The summed E-state index contributed by atoms with van der Waals surface area (Å²) in [5.41, 5.74) is -0.664. The van der Waals surface area contributed by atoms with Crippen LogP contribution in [0.1, 0.15) is 24.1 Å². The zero-order valence-electron chi connectivity index (χ0n) is 13.2. The van der Waals surface area contributed by atoms with Crippen LogP contribution in [0.15, 0.2) is 24.7 Å². The summed E-state index contributed by atoms with van der Waals surface area (Å²) in [4.78, 5) is 0. The molecule has 2 N–H and O–H groups in total. The average Bonchev–Trinajstić information content (AvgIpc) is 3.18. The number of rotatable bonds is 5. The summed E-state index contributed by atoms with van der Waals surface area (Å²) in [7, 11) is 1.48. The third-order valence-corrected chi connectivity index (χ3v) is 4.53. The Bertz CT molecular complexity index is 667. The van der Waals surface area contributed by atoms with E-state index in [0.717, 1.165) is 6.20 Å². The largest absolute Gasteiger partial charge is 0.419 e. The normalized spacial score (nSPS) is 24.6. The fourth-order valence-electron chi connectivity index (χ4n) is 3.30. The van der Waals surface area contributed by atoms with Crippen LogP contribution in [0.4, 0.5) is 13.2 Å². The van der Waals surface area contributed by atoms with Crippen LogP contribution in [0.3, 0.4) is 0 Å². The Kier molecular flexibility index (Phi) is 4.64. The minimum absolute atomic E-state index is 0.0154. The van der Waals surface area contributed by atoms with Gasteiger partial charge in [0.1, 0.15) is 0 Å². The molecule has 1 unspecified atom stereocenters. The van der Waals surface area contributed by atoms with E-state index in [1.54, 1.807) is 6.20 Å². The number of aliphatic hydroxyl groups excluding tert-OH is 1. The van der Waals surface area contributed by atoms with Crippen molar-refractivity contribution in [3.05, 3.63) is 35.9 Å². The number of aromatic nitrogens is 4. The van der Waals surface area contributed by atoms with E-state index >= 15 is 0 Å². The molecule has 6 nitrogen and oxygen atoms in total. The van der Waals surface area contributed by atoms with E-state index in [2.05, 4.69) is 15.5 Å². The second kappa shape index (κ2) is 6.56. The van der Waals surface area contributed by atoms with Crippen molar-refractivity contribution in [2.75, 3.05) is 0 Å². The van der Waals surface area contributed by atoms with Crippen LogP contribution in [0, 0.1) is 5.92 Å². The van der Waals surface area contributed by atoms with Crippen molar-refractivity contribution in [1.29, 1.82) is 0 Å². The predicted molar refractivity (Wildman–Crippen MR) is 79.8 cm³/mol. The Balaban J connectivity index is 1.60. The number of aliphatic hydroxyl groups is 1. The number of nitrogens with zero attached hydrogens (tertiary/aromatic N) is 4. The molecular weight excluding hydrogens is 323 g/mol. The zero-order chi connectivity index (χ0) is 17.3. The second-order valence-electron chi connectivity index (χ2n) is 6.25. The van der Waals surface area contributed by atoms with Crippen LogP contribution in [0.25, 0.3) is 0 Å². The van der Waals surface area contributed by atoms with Gasteiger partial charge in [-0.25, -0.2) is 0 Å². The highest BCUT2D eigenvalue weighted by Crippen LogP contribution is 2.32. The third-order valence-electron chi connectivity index (χ3n) is 4.53. The molecule has 1 aliphatic carbocycles. The molecular formula is C15H20F3N5O. The van der Waals surface area contributed by atoms with Crippen molar-refractivity contribution < 1.29 is 18.3 Å². The minimum atomic E-state index is -4.43. The van der Waals surface area contributed by atoms with Gasteiger partial charge in [-0.2, -0.15) is 23.4 Å². The Hall–Kier alpha value is -1.87. The molecule has 1 fully saturated rings. The van der Waals surface area contributed by atoms with E-state index in [1.165, 1.54) is 11.7 Å². The van der Waals surface area contributed by atoms with Crippen molar-refractivity contribution in [3.63, 3.8) is 0 Å². The molecule has 0 amide bonds. The molecule has 3 atom stereocenters. The second-order valence-corrected chi connectivity index (χ2v) is 6.25. The van der Waals surface area contributed by atoms with E-state index in [0.29, 0.717) is 19.4 Å². The maximum absolute atomic E-state index is 13.0. The smallest absolute Gasteiger partial charge is 0.391 e. The highest BCUT2D eigenvalue weighted by molar-refractivity contribution is 5.21. The molecule has 132 valence electrons. The van der Waals surface area contributed by atoms with Crippen LogP contribution in [-0.4, -0.2) is 36.8 Å². The molecule has 1 aliphatic rings. The van der Waals surface area contributed by atoms with E-state index in [-0.39, 0.29) is 24.2 Å². The highest BCUT2D eigenvalue weighted by atomic mass is 19.4. The lowest BCUT2D eigenvalue weighted by Crippen LogP contribution is -2.36. The number of hydrogen-bond donors (Lipinski definition) is 2. The molecule has 0 bridgehead atoms. The summed E-state index contributed by atoms with van der Waals surface area (Å²) in [6.07, 6.45) is 0.689. The molecule has 0 radical (unpaired) electrons. The molecule has 0 aliphatic heterocycles. The lowest BCUT2D eigenvalue weighted by Gasteiger charge is -2.17. The molecule has 0 aromatic carbocycles. The van der Waals surface area contributed by atoms with Gasteiger partial charge in [0, 0.05) is 38.6 Å². The zero-order valence-corrected chi connectivity index (χ0v) is 13.2. The Morgan fingerprint density at radius 1 is 1.33 bits per heavy atom. The average molecular weight is 343 g/mol. The first-order chi connectivity index (χ1) is 11.3. The fourth-order valence-corrected chi connectivity index (χ4v) is 3.30. The van der Waals surface area contributed by atoms with Gasteiger partial charge in [0.05, 0.1) is 23.6 Å². The summed E-state index contributed by atoms with van der Waals surface area (Å²) in [6, 6.07) is 1.60. The Labute approximate surface area is 137 Å². The lowest BCUT2D eigenvalue weighted by atomic mass is 10.1. The van der Waals surface area contributed by atoms with E-state index in [4.69, 9.17) is 0 Å². The molecule has 24 heavy (non-hydrogen) atoms. The third kappa shape index (κ3) is 3.62. The molecule has 2 heterocycles. The first kappa shape index (κ1) is 17.0. The number of aryl methyl sites for hydroxylation is 1. The van der Waals surface area contributed by atoms with Crippen LogP contribution in [0.5, 0.6) is 0 Å². The monoisotopic (exact) mass is 343 g/mol. The number of hydrogen-bond acceptors (Lipinski definition) is 4. The molecule has 0 saturated heterocycles. The Morgan fingerprint density at radius 2 is 2.12 bits per heavy atom.